The van der Waals surface area contributed by atoms with Gasteiger partial charge in [0, 0.05) is 54.7 Å². The lowest BCUT2D eigenvalue weighted by molar-refractivity contribution is 0.365. The Bertz CT molecular complexity index is 853. The van der Waals surface area contributed by atoms with Crippen LogP contribution in [0.15, 0.2) is 43.0 Å². The highest BCUT2D eigenvalue weighted by Gasteiger charge is 2.33. The summed E-state index contributed by atoms with van der Waals surface area (Å²) in [6.07, 6.45) is 10.8. The fourth-order valence-corrected chi connectivity index (χ4v) is 3.60. The van der Waals surface area contributed by atoms with Gasteiger partial charge in [0.15, 0.2) is 5.82 Å². The first kappa shape index (κ1) is 13.7. The van der Waals surface area contributed by atoms with Crippen molar-refractivity contribution in [1.29, 1.82) is 0 Å². The van der Waals surface area contributed by atoms with Crippen LogP contribution in [0, 0.1) is 0 Å². The molecule has 0 radical (unpaired) electrons. The van der Waals surface area contributed by atoms with E-state index in [1.807, 2.05) is 35.3 Å². The number of pyridine rings is 1. The zero-order chi connectivity index (χ0) is 15.9. The third kappa shape index (κ3) is 2.18. The molecular formula is C18H18N6. The fraction of sp³-hybridized carbons (Fsp3) is 0.333. The Hall–Kier alpha value is -2.76. The van der Waals surface area contributed by atoms with Gasteiger partial charge in [-0.05, 0) is 37.5 Å². The second-order valence-electron chi connectivity index (χ2n) is 6.43. The van der Waals surface area contributed by atoms with E-state index in [2.05, 4.69) is 15.0 Å². The summed E-state index contributed by atoms with van der Waals surface area (Å²) in [5, 5.41) is 4.35. The summed E-state index contributed by atoms with van der Waals surface area (Å²) >= 11 is 0. The summed E-state index contributed by atoms with van der Waals surface area (Å²) < 4.78 is 2.04. The van der Waals surface area contributed by atoms with Gasteiger partial charge in [-0.2, -0.15) is 5.10 Å². The van der Waals surface area contributed by atoms with E-state index in [1.165, 1.54) is 17.7 Å². The molecule has 0 unspecified atom stereocenters. The third-order valence-corrected chi connectivity index (χ3v) is 4.91. The highest BCUT2D eigenvalue weighted by molar-refractivity contribution is 5.61. The minimum atomic E-state index is 0.441. The summed E-state index contributed by atoms with van der Waals surface area (Å²) in [7, 11) is 0. The summed E-state index contributed by atoms with van der Waals surface area (Å²) in [5.74, 6) is 1.93. The van der Waals surface area contributed by atoms with Crippen LogP contribution in [0.3, 0.4) is 0 Å². The van der Waals surface area contributed by atoms with E-state index in [0.29, 0.717) is 6.04 Å². The zero-order valence-corrected chi connectivity index (χ0v) is 13.3. The largest absolute Gasteiger partial charge is 0.352 e. The number of anilines is 1. The molecule has 0 bridgehead atoms. The molecule has 120 valence electrons. The summed E-state index contributed by atoms with van der Waals surface area (Å²) in [4.78, 5) is 16.2. The van der Waals surface area contributed by atoms with E-state index in [4.69, 9.17) is 9.97 Å². The fourth-order valence-electron chi connectivity index (χ4n) is 3.60. The van der Waals surface area contributed by atoms with Crippen molar-refractivity contribution in [1.82, 2.24) is 24.7 Å². The molecule has 0 N–H and O–H groups in total. The number of hydrogen-bond donors (Lipinski definition) is 0. The molecule has 1 aliphatic carbocycles. The highest BCUT2D eigenvalue weighted by Crippen LogP contribution is 2.35. The van der Waals surface area contributed by atoms with Crippen LogP contribution < -0.4 is 4.90 Å². The van der Waals surface area contributed by atoms with Crippen LogP contribution in [0.1, 0.15) is 23.7 Å². The molecule has 1 fully saturated rings. The van der Waals surface area contributed by atoms with Crippen LogP contribution in [0.5, 0.6) is 0 Å². The van der Waals surface area contributed by atoms with Gasteiger partial charge in [0.25, 0.3) is 0 Å². The van der Waals surface area contributed by atoms with Crippen molar-refractivity contribution in [3.8, 4) is 11.4 Å². The molecule has 0 saturated carbocycles. The quantitative estimate of drug-likeness (QED) is 0.741. The maximum Gasteiger partial charge on any atom is 0.161 e. The number of aromatic nitrogens is 5. The average Bonchev–Trinajstić information content (AvgIpc) is 3.25. The minimum Gasteiger partial charge on any atom is -0.352 e. The Morgan fingerprint density at radius 2 is 1.88 bits per heavy atom. The number of hydrogen-bond acceptors (Lipinski definition) is 5. The molecule has 4 heterocycles. The maximum absolute atomic E-state index is 4.91. The van der Waals surface area contributed by atoms with Gasteiger partial charge in [0.05, 0.1) is 6.04 Å². The number of nitrogens with zero attached hydrogens (tertiary/aromatic N) is 6. The van der Waals surface area contributed by atoms with Gasteiger partial charge in [-0.15, -0.1) is 0 Å². The van der Waals surface area contributed by atoms with Crippen molar-refractivity contribution >= 4 is 5.82 Å². The lowest BCUT2D eigenvalue weighted by Crippen LogP contribution is -2.48. The molecule has 1 saturated heterocycles. The summed E-state index contributed by atoms with van der Waals surface area (Å²) in [6.45, 7) is 1.92. The summed E-state index contributed by atoms with van der Waals surface area (Å²) in [5.41, 5.74) is 3.59. The number of rotatable bonds is 3. The van der Waals surface area contributed by atoms with Gasteiger partial charge in [0.1, 0.15) is 5.82 Å². The standard InChI is InChI=1S/C18H18N6/c1-3-15-16(4-1)21-17(13-5-8-19-9-6-13)22-18(15)23-11-14(12-23)24-10-2-7-20-24/h2,5-10,14H,1,3-4,11-12H2. The van der Waals surface area contributed by atoms with E-state index in [-0.39, 0.29) is 0 Å². The molecule has 0 atom stereocenters. The lowest BCUT2D eigenvalue weighted by atomic mass is 10.1. The Morgan fingerprint density at radius 3 is 2.67 bits per heavy atom. The second kappa shape index (κ2) is 5.40. The van der Waals surface area contributed by atoms with Crippen LogP contribution in [0.25, 0.3) is 11.4 Å². The highest BCUT2D eigenvalue weighted by atomic mass is 15.4. The first-order valence-corrected chi connectivity index (χ1v) is 8.43. The Labute approximate surface area is 140 Å². The van der Waals surface area contributed by atoms with Crippen LogP contribution in [-0.4, -0.2) is 37.8 Å². The van der Waals surface area contributed by atoms with Crippen molar-refractivity contribution in [2.45, 2.75) is 25.3 Å². The monoisotopic (exact) mass is 318 g/mol. The Kier molecular flexibility index (Phi) is 3.07. The van der Waals surface area contributed by atoms with Crippen LogP contribution >= 0.6 is 0 Å². The first-order valence-electron chi connectivity index (χ1n) is 8.43. The average molecular weight is 318 g/mol. The predicted octanol–water partition coefficient (Wildman–Crippen LogP) is 2.29. The van der Waals surface area contributed by atoms with Crippen molar-refractivity contribution < 1.29 is 0 Å². The van der Waals surface area contributed by atoms with Gasteiger partial charge in [0.2, 0.25) is 0 Å². The van der Waals surface area contributed by atoms with E-state index < -0.39 is 0 Å². The first-order chi connectivity index (χ1) is 11.9. The van der Waals surface area contributed by atoms with Crippen molar-refractivity contribution in [3.63, 3.8) is 0 Å². The van der Waals surface area contributed by atoms with E-state index in [0.717, 1.165) is 43.1 Å². The van der Waals surface area contributed by atoms with Gasteiger partial charge < -0.3 is 4.90 Å². The molecule has 24 heavy (non-hydrogen) atoms. The molecule has 0 amide bonds. The van der Waals surface area contributed by atoms with Crippen LogP contribution in [0.2, 0.25) is 0 Å². The number of aryl methyl sites for hydroxylation is 1. The van der Waals surface area contributed by atoms with Gasteiger partial charge in [-0.25, -0.2) is 9.97 Å². The van der Waals surface area contributed by atoms with Crippen LogP contribution in [-0.2, 0) is 12.8 Å². The molecule has 6 heteroatoms. The molecule has 1 aliphatic heterocycles. The van der Waals surface area contributed by atoms with Gasteiger partial charge >= 0.3 is 0 Å². The normalized spacial score (nSPS) is 16.9. The lowest BCUT2D eigenvalue weighted by Gasteiger charge is -2.41. The molecule has 3 aromatic rings. The van der Waals surface area contributed by atoms with Gasteiger partial charge in [-0.3, -0.25) is 9.67 Å². The van der Waals surface area contributed by atoms with Crippen molar-refractivity contribution in [2.75, 3.05) is 18.0 Å². The number of fused-ring (bicyclic) bond motifs is 1. The maximum atomic E-state index is 4.91. The predicted molar refractivity (Wildman–Crippen MR) is 90.8 cm³/mol. The van der Waals surface area contributed by atoms with Gasteiger partial charge in [-0.1, -0.05) is 0 Å². The minimum absolute atomic E-state index is 0.441. The molecule has 0 spiro atoms. The van der Waals surface area contributed by atoms with E-state index in [1.54, 1.807) is 12.4 Å². The summed E-state index contributed by atoms with van der Waals surface area (Å²) in [6, 6.07) is 6.37. The third-order valence-electron chi connectivity index (χ3n) is 4.91. The van der Waals surface area contributed by atoms with E-state index >= 15 is 0 Å². The molecule has 2 aliphatic rings. The van der Waals surface area contributed by atoms with Crippen molar-refractivity contribution in [2.24, 2.45) is 0 Å². The SMILES string of the molecule is c1cnn(C2CN(c3nc(-c4ccncc4)nc4c3CCC4)C2)c1. The molecule has 0 aromatic carbocycles. The Balaban J connectivity index is 1.49. The zero-order valence-electron chi connectivity index (χ0n) is 13.3. The smallest absolute Gasteiger partial charge is 0.161 e. The molecule has 3 aromatic heterocycles. The second-order valence-corrected chi connectivity index (χ2v) is 6.43. The topological polar surface area (TPSA) is 59.7 Å². The Morgan fingerprint density at radius 1 is 1.00 bits per heavy atom. The molecule has 6 nitrogen and oxygen atoms in total. The van der Waals surface area contributed by atoms with Crippen molar-refractivity contribution in [3.05, 3.63) is 54.2 Å². The molecular weight excluding hydrogens is 300 g/mol. The molecule has 5 rings (SSSR count). The van der Waals surface area contributed by atoms with Crippen LogP contribution in [0.4, 0.5) is 5.82 Å². The van der Waals surface area contributed by atoms with E-state index in [9.17, 15) is 0 Å².